The van der Waals surface area contributed by atoms with Gasteiger partial charge in [0.1, 0.15) is 97.6 Å². The van der Waals surface area contributed by atoms with Gasteiger partial charge in [0.2, 0.25) is 23.6 Å². The quantitative estimate of drug-likeness (QED) is 0.0378. The highest BCUT2D eigenvalue weighted by Crippen LogP contribution is 2.31. The number of nitrogens with one attached hydrogen (secondary N) is 4. The molecule has 4 heterocycles. The smallest absolute Gasteiger partial charge is 0.243 e. The van der Waals surface area contributed by atoms with Gasteiger partial charge in [0.25, 0.3) is 0 Å². The summed E-state index contributed by atoms with van der Waals surface area (Å²) in [6, 6.07) is -1.48. The van der Waals surface area contributed by atoms with E-state index in [4.69, 9.17) is 37.9 Å². The minimum Gasteiger partial charge on any atom is -0.394 e. The molecule has 17 N–H and O–H groups in total. The van der Waals surface area contributed by atoms with Gasteiger partial charge in [0.05, 0.1) is 45.6 Å². The van der Waals surface area contributed by atoms with Gasteiger partial charge in [-0.15, -0.1) is 0 Å². The van der Waals surface area contributed by atoms with Crippen molar-refractivity contribution in [1.82, 2.24) is 21.3 Å². The summed E-state index contributed by atoms with van der Waals surface area (Å²) in [5.74, 6) is -2.45. The van der Waals surface area contributed by atoms with Crippen molar-refractivity contribution in [2.45, 2.75) is 175 Å². The van der Waals surface area contributed by atoms with E-state index in [1.807, 2.05) is 0 Å². The van der Waals surface area contributed by atoms with Crippen LogP contribution in [0, 0.1) is 0 Å². The monoisotopic (exact) mass is 1010 g/mol. The zero-order valence-corrected chi connectivity index (χ0v) is 38.0. The highest BCUT2D eigenvalue weighted by Gasteiger charge is 2.52. The molecule has 0 aliphatic carbocycles. The number of hydrogen-bond donors (Lipinski definition) is 17. The van der Waals surface area contributed by atoms with Crippen LogP contribution in [0.25, 0.3) is 0 Å². The summed E-state index contributed by atoms with van der Waals surface area (Å²) in [4.78, 5) is 51.2. The van der Waals surface area contributed by atoms with Crippen LogP contribution in [0.1, 0.15) is 46.0 Å². The number of amides is 4. The molecule has 0 spiro atoms. The summed E-state index contributed by atoms with van der Waals surface area (Å²) in [6.45, 7) is -0.0108. The van der Waals surface area contributed by atoms with Crippen LogP contribution in [0.2, 0.25) is 0 Å². The second kappa shape index (κ2) is 28.3. The van der Waals surface area contributed by atoms with Crippen molar-refractivity contribution < 1.29 is 123 Å². The molecule has 400 valence electrons. The third-order valence-corrected chi connectivity index (χ3v) is 11.7. The third-order valence-electron chi connectivity index (χ3n) is 11.7. The second-order valence-corrected chi connectivity index (χ2v) is 16.9. The molecule has 0 aromatic heterocycles. The SMILES string of the molecule is CCNC(=O)CCCCC(=O)NC(CC(=O)NCCO[C@@H]1O[C@@H](C)[C@@H](O)[C@@H](O)[C@@H]1O)C(=O)NCCO[C@H]1O[C@H](CO[C@H]2O[C@H](CO)[C@@H](O)[C@@H](O)[C@@H]2O)[C@@H](O)[C@H](O[C@H]2O[C@H](CO)[C@@H](O)[C@H](O)[C@@H]2O)[C@@H]1O. The van der Waals surface area contributed by atoms with E-state index in [0.29, 0.717) is 13.0 Å². The largest absolute Gasteiger partial charge is 0.394 e. The van der Waals surface area contributed by atoms with Crippen LogP contribution in [0.5, 0.6) is 0 Å². The molecule has 4 rings (SSSR count). The van der Waals surface area contributed by atoms with Gasteiger partial charge in [-0.3, -0.25) is 19.2 Å². The Bertz CT molecular complexity index is 1590. The van der Waals surface area contributed by atoms with E-state index in [1.165, 1.54) is 6.92 Å². The first kappa shape index (κ1) is 58.6. The molecule has 0 aromatic rings. The van der Waals surface area contributed by atoms with Crippen molar-refractivity contribution in [3.63, 3.8) is 0 Å². The van der Waals surface area contributed by atoms with Gasteiger partial charge in [0, 0.05) is 32.5 Å². The number of carbonyl (C=O) groups is 4. The fourth-order valence-corrected chi connectivity index (χ4v) is 7.65. The first-order valence-electron chi connectivity index (χ1n) is 22.7. The molecule has 4 aliphatic rings. The number of aliphatic hydroxyl groups excluding tert-OH is 13. The predicted molar refractivity (Wildman–Crippen MR) is 223 cm³/mol. The third kappa shape index (κ3) is 16.3. The normalized spacial score (nSPS) is 38.7. The maximum atomic E-state index is 13.5. The van der Waals surface area contributed by atoms with Crippen LogP contribution in [0.3, 0.4) is 0 Å². The summed E-state index contributed by atoms with van der Waals surface area (Å²) >= 11 is 0. The van der Waals surface area contributed by atoms with Crippen LogP contribution in [-0.4, -0.2) is 272 Å². The lowest BCUT2D eigenvalue weighted by Crippen LogP contribution is -2.65. The van der Waals surface area contributed by atoms with Gasteiger partial charge in [-0.25, -0.2) is 0 Å². The van der Waals surface area contributed by atoms with Gasteiger partial charge in [0.15, 0.2) is 25.2 Å². The van der Waals surface area contributed by atoms with E-state index in [0.717, 1.165) is 0 Å². The highest BCUT2D eigenvalue weighted by atomic mass is 16.8. The number of rotatable bonds is 25. The zero-order chi connectivity index (χ0) is 51.1. The molecule has 0 saturated carbocycles. The van der Waals surface area contributed by atoms with E-state index in [-0.39, 0.29) is 44.9 Å². The topological polar surface area (TPSA) is 453 Å². The molecule has 0 aromatic carbocycles. The Morgan fingerprint density at radius 3 is 1.59 bits per heavy atom. The molecule has 0 bridgehead atoms. The first-order valence-corrected chi connectivity index (χ1v) is 22.7. The maximum absolute atomic E-state index is 13.5. The van der Waals surface area contributed by atoms with Crippen LogP contribution in [-0.2, 0) is 57.1 Å². The van der Waals surface area contributed by atoms with Crippen LogP contribution < -0.4 is 21.3 Å². The van der Waals surface area contributed by atoms with Crippen LogP contribution in [0.4, 0.5) is 0 Å². The average molecular weight is 1010 g/mol. The number of unbranched alkanes of at least 4 members (excludes halogenated alkanes) is 1. The molecule has 21 atom stereocenters. The van der Waals surface area contributed by atoms with Crippen molar-refractivity contribution in [3.8, 4) is 0 Å². The Labute approximate surface area is 395 Å². The fourth-order valence-electron chi connectivity index (χ4n) is 7.65. The lowest BCUT2D eigenvalue weighted by Gasteiger charge is -2.46. The lowest BCUT2D eigenvalue weighted by molar-refractivity contribution is -0.366. The Morgan fingerprint density at radius 1 is 0.522 bits per heavy atom. The van der Waals surface area contributed by atoms with E-state index in [2.05, 4.69) is 21.3 Å². The molecule has 4 amide bonds. The Morgan fingerprint density at radius 2 is 1.01 bits per heavy atom. The number of ether oxygens (including phenoxy) is 8. The van der Waals surface area contributed by atoms with Crippen molar-refractivity contribution in [3.05, 3.63) is 0 Å². The van der Waals surface area contributed by atoms with Crippen LogP contribution in [0.15, 0.2) is 0 Å². The number of aliphatic hydroxyl groups is 13. The summed E-state index contributed by atoms with van der Waals surface area (Å²) < 4.78 is 44.1. The predicted octanol–water partition coefficient (Wildman–Crippen LogP) is -9.90. The zero-order valence-electron chi connectivity index (χ0n) is 38.0. The second-order valence-electron chi connectivity index (χ2n) is 16.9. The molecule has 4 aliphatic heterocycles. The first-order chi connectivity index (χ1) is 32.7. The van der Waals surface area contributed by atoms with E-state index in [1.54, 1.807) is 6.92 Å². The molecule has 1 unspecified atom stereocenters. The van der Waals surface area contributed by atoms with Gasteiger partial charge in [-0.05, 0) is 26.7 Å². The van der Waals surface area contributed by atoms with Gasteiger partial charge >= 0.3 is 0 Å². The van der Waals surface area contributed by atoms with E-state index < -0.39 is 179 Å². The molecule has 29 heteroatoms. The molecule has 69 heavy (non-hydrogen) atoms. The molecule has 0 radical (unpaired) electrons. The molecule has 4 fully saturated rings. The summed E-state index contributed by atoms with van der Waals surface area (Å²) in [5, 5.41) is 144. The maximum Gasteiger partial charge on any atom is 0.243 e. The average Bonchev–Trinajstić information content (AvgIpc) is 3.32. The van der Waals surface area contributed by atoms with Crippen LogP contribution >= 0.6 is 0 Å². The van der Waals surface area contributed by atoms with Crippen molar-refractivity contribution in [2.75, 3.05) is 52.7 Å². The Hall–Kier alpha value is -2.96. The molecule has 4 saturated heterocycles. The highest BCUT2D eigenvalue weighted by molar-refractivity contribution is 5.92. The van der Waals surface area contributed by atoms with Crippen molar-refractivity contribution in [1.29, 1.82) is 0 Å². The molecular weight excluding hydrogens is 936 g/mol. The lowest BCUT2D eigenvalue weighted by atomic mass is 9.96. The van der Waals surface area contributed by atoms with E-state index in [9.17, 15) is 85.6 Å². The Balaban J connectivity index is 1.40. The molecular formula is C40H70N4O25. The number of hydrogen-bond acceptors (Lipinski definition) is 25. The van der Waals surface area contributed by atoms with Crippen molar-refractivity contribution in [2.24, 2.45) is 0 Å². The minimum absolute atomic E-state index is 0.110. The van der Waals surface area contributed by atoms with Gasteiger partial charge in [-0.2, -0.15) is 0 Å². The molecule has 29 nitrogen and oxygen atoms in total. The number of carbonyl (C=O) groups excluding carboxylic acids is 4. The standard InChI is InChI=1S/C40H70N4O25/c1-3-41-21(47)6-4-5-7-22(48)44-17(12-23(49)42-8-10-62-37-31(57)28(54)24(50)16(2)65-37)36(61)43-9-11-63-39-34(60)35(69-40-33(59)30(56)26(52)19(14-46)67-40)27(53)20(68-39)15-64-38-32(58)29(55)25(51)18(13-45)66-38/h16-20,24-35,37-40,45-46,50-60H,3-15H2,1-2H3,(H,41,47)(H,42,49)(H,43,61)(H,44,48)/t16-,17?,18+,19+,20+,24+,25+,26+,27+,28+,29+,30-,31-,32-,33-,34-,35-,37+,38-,39-,40+/m0/s1. The van der Waals surface area contributed by atoms with Gasteiger partial charge < -0.3 is 126 Å². The van der Waals surface area contributed by atoms with Crippen molar-refractivity contribution >= 4 is 23.6 Å². The summed E-state index contributed by atoms with van der Waals surface area (Å²) in [6.07, 6.45) is -33.3. The Kier molecular flexibility index (Phi) is 24.1. The van der Waals surface area contributed by atoms with E-state index >= 15 is 0 Å². The summed E-state index contributed by atoms with van der Waals surface area (Å²) in [5.41, 5.74) is 0. The summed E-state index contributed by atoms with van der Waals surface area (Å²) in [7, 11) is 0. The minimum atomic E-state index is -1.99. The fraction of sp³-hybridized carbons (Fsp3) is 0.900. The van der Waals surface area contributed by atoms with Gasteiger partial charge in [-0.1, -0.05) is 0 Å².